The monoisotopic (exact) mass is 510 g/mol. The summed E-state index contributed by atoms with van der Waals surface area (Å²) in [6, 6.07) is 6.67. The molecule has 1 aliphatic heterocycles. The number of aromatic nitrogens is 1. The summed E-state index contributed by atoms with van der Waals surface area (Å²) in [7, 11) is 1.59. The fourth-order valence-electron chi connectivity index (χ4n) is 3.87. The number of pyridine rings is 1. The molecule has 9 heteroatoms. The molecule has 8 nitrogen and oxygen atoms in total. The van der Waals surface area contributed by atoms with E-state index < -0.39 is 24.0 Å². The van der Waals surface area contributed by atoms with E-state index >= 15 is 0 Å². The van der Waals surface area contributed by atoms with Gasteiger partial charge >= 0.3 is 6.03 Å². The summed E-state index contributed by atoms with van der Waals surface area (Å²) in [5.41, 5.74) is 0.934. The molecule has 0 saturated heterocycles. The Hall–Kier alpha value is -3.64. The zero-order valence-corrected chi connectivity index (χ0v) is 22.0. The number of fused-ring (bicyclic) bond motifs is 1. The largest absolute Gasteiger partial charge is 0.472 e. The minimum absolute atomic E-state index is 0.0812. The van der Waals surface area contributed by atoms with Gasteiger partial charge in [-0.15, -0.1) is 0 Å². The molecule has 0 spiro atoms. The predicted octanol–water partition coefficient (Wildman–Crippen LogP) is 4.00. The number of amides is 3. The number of hydrogen-bond donors (Lipinski definition) is 2. The van der Waals surface area contributed by atoms with Crippen LogP contribution < -0.4 is 10.1 Å². The molecule has 3 atom stereocenters. The zero-order valence-electron chi connectivity index (χ0n) is 22.0. The van der Waals surface area contributed by atoms with Crippen LogP contribution in [0.5, 0.6) is 5.88 Å². The van der Waals surface area contributed by atoms with Crippen LogP contribution in [0.1, 0.15) is 50.0 Å². The van der Waals surface area contributed by atoms with Crippen molar-refractivity contribution in [2.24, 2.45) is 11.8 Å². The van der Waals surface area contributed by atoms with Crippen molar-refractivity contribution >= 4 is 17.6 Å². The summed E-state index contributed by atoms with van der Waals surface area (Å²) in [6.07, 6.45) is 1.76. The van der Waals surface area contributed by atoms with Crippen LogP contribution in [0.2, 0.25) is 0 Å². The molecule has 0 aliphatic carbocycles. The smallest absolute Gasteiger partial charge is 0.321 e. The highest BCUT2D eigenvalue weighted by atomic mass is 19.1. The van der Waals surface area contributed by atoms with Crippen molar-refractivity contribution in [1.29, 1.82) is 0 Å². The van der Waals surface area contributed by atoms with Gasteiger partial charge in [-0.1, -0.05) is 44.7 Å². The van der Waals surface area contributed by atoms with Crippen LogP contribution in [0, 0.1) is 29.5 Å². The van der Waals surface area contributed by atoms with E-state index in [-0.39, 0.29) is 42.1 Å². The first-order valence-electron chi connectivity index (χ1n) is 12.4. The molecular formula is C28H35FN4O4. The molecule has 3 rings (SSSR count). The number of ether oxygens (including phenoxy) is 1. The Labute approximate surface area is 217 Å². The molecule has 1 aromatic carbocycles. The van der Waals surface area contributed by atoms with Crippen LogP contribution in [0.15, 0.2) is 36.5 Å². The quantitative estimate of drug-likeness (QED) is 0.573. The number of halogens is 1. The maximum Gasteiger partial charge on any atom is 0.321 e. The number of aliphatic hydroxyl groups excluding tert-OH is 1. The highest BCUT2D eigenvalue weighted by molar-refractivity contribution is 5.97. The number of likely N-dealkylation sites (N-methyl/N-ethyl adjacent to an activating group) is 1. The molecule has 1 aromatic heterocycles. The lowest BCUT2D eigenvalue weighted by molar-refractivity contribution is 0.0356. The van der Waals surface area contributed by atoms with Gasteiger partial charge in [-0.3, -0.25) is 4.79 Å². The van der Waals surface area contributed by atoms with Crippen molar-refractivity contribution in [1.82, 2.24) is 14.8 Å². The van der Waals surface area contributed by atoms with E-state index in [1.165, 1.54) is 17.0 Å². The lowest BCUT2D eigenvalue weighted by atomic mass is 10.00. The lowest BCUT2D eigenvalue weighted by Gasteiger charge is -2.37. The van der Waals surface area contributed by atoms with Gasteiger partial charge in [0.25, 0.3) is 5.91 Å². The molecule has 37 heavy (non-hydrogen) atoms. The third-order valence-corrected chi connectivity index (χ3v) is 6.18. The Morgan fingerprint density at radius 1 is 1.35 bits per heavy atom. The van der Waals surface area contributed by atoms with Gasteiger partial charge in [0.15, 0.2) is 0 Å². The molecule has 3 amide bonds. The fourth-order valence-corrected chi connectivity index (χ4v) is 3.87. The second-order valence-electron chi connectivity index (χ2n) is 9.89. The van der Waals surface area contributed by atoms with E-state index in [2.05, 4.69) is 36.0 Å². The molecule has 2 N–H and O–H groups in total. The number of urea groups is 1. The minimum Gasteiger partial charge on any atom is -0.472 e. The van der Waals surface area contributed by atoms with E-state index in [4.69, 9.17) is 4.74 Å². The van der Waals surface area contributed by atoms with Crippen LogP contribution in [-0.2, 0) is 0 Å². The van der Waals surface area contributed by atoms with Gasteiger partial charge < -0.3 is 25.0 Å². The number of aliphatic hydroxyl groups is 1. The standard InChI is InChI=1S/C28H35FN4O4/c1-18(2)9-8-10-21-13-22-26(30-14-21)37-25(19(3)15-33(27(22)35)20(4)17-34)16-32(5)28(36)31-24-12-7-6-11-23(24)29/h6-7,11-14,18-20,25,34H,9,15-17H2,1-5H3,(H,31,36)/t19-,20-,25+/m0/s1. The van der Waals surface area contributed by atoms with Gasteiger partial charge in [0.1, 0.15) is 17.5 Å². The Kier molecular flexibility index (Phi) is 9.48. The maximum atomic E-state index is 14.0. The van der Waals surface area contributed by atoms with Gasteiger partial charge in [0, 0.05) is 37.7 Å². The van der Waals surface area contributed by atoms with Crippen molar-refractivity contribution in [2.45, 2.75) is 46.3 Å². The Morgan fingerprint density at radius 2 is 2.08 bits per heavy atom. The average molecular weight is 511 g/mol. The van der Waals surface area contributed by atoms with Gasteiger partial charge in [-0.25, -0.2) is 14.2 Å². The third kappa shape index (κ3) is 7.20. The molecule has 1 aliphatic rings. The van der Waals surface area contributed by atoms with E-state index in [0.717, 1.165) is 6.42 Å². The van der Waals surface area contributed by atoms with Crippen LogP contribution in [-0.4, -0.2) is 70.7 Å². The SMILES string of the molecule is CC(C)CC#Cc1cnc2c(c1)C(=O)N([C@@H](C)CO)C[C@H](C)[C@@H](CN(C)C(=O)Nc1ccccc1F)O2. The average Bonchev–Trinajstić information content (AvgIpc) is 2.87. The Bertz CT molecular complexity index is 1180. The minimum atomic E-state index is -0.530. The number of para-hydroxylation sites is 1. The van der Waals surface area contributed by atoms with Crippen molar-refractivity contribution < 1.29 is 23.8 Å². The molecule has 0 saturated carbocycles. The molecule has 0 bridgehead atoms. The number of nitrogens with one attached hydrogen (secondary N) is 1. The number of carbonyl (C=O) groups is 2. The summed E-state index contributed by atoms with van der Waals surface area (Å²) < 4.78 is 20.2. The number of rotatable bonds is 6. The van der Waals surface area contributed by atoms with Crippen molar-refractivity contribution in [3.63, 3.8) is 0 Å². The topological polar surface area (TPSA) is 95.0 Å². The second kappa shape index (κ2) is 12.5. The molecule has 2 heterocycles. The number of anilines is 1. The highest BCUT2D eigenvalue weighted by Crippen LogP contribution is 2.27. The van der Waals surface area contributed by atoms with Crippen molar-refractivity contribution in [2.75, 3.05) is 32.1 Å². The third-order valence-electron chi connectivity index (χ3n) is 6.18. The lowest BCUT2D eigenvalue weighted by Crippen LogP contribution is -2.50. The molecule has 0 radical (unpaired) electrons. The van der Waals surface area contributed by atoms with Gasteiger partial charge in [0.2, 0.25) is 5.88 Å². The van der Waals surface area contributed by atoms with Gasteiger partial charge in [-0.2, -0.15) is 0 Å². The Morgan fingerprint density at radius 3 is 2.76 bits per heavy atom. The predicted molar refractivity (Wildman–Crippen MR) is 140 cm³/mol. The first kappa shape index (κ1) is 27.9. The van der Waals surface area contributed by atoms with E-state index in [0.29, 0.717) is 18.0 Å². The maximum absolute atomic E-state index is 14.0. The highest BCUT2D eigenvalue weighted by Gasteiger charge is 2.34. The molecular weight excluding hydrogens is 475 g/mol. The van der Waals surface area contributed by atoms with Gasteiger partial charge in [-0.05, 0) is 31.0 Å². The first-order chi connectivity index (χ1) is 17.6. The van der Waals surface area contributed by atoms with Crippen molar-refractivity contribution in [3.8, 4) is 17.7 Å². The summed E-state index contributed by atoms with van der Waals surface area (Å²) >= 11 is 0. The number of carbonyl (C=O) groups excluding carboxylic acids is 2. The number of benzene rings is 1. The number of nitrogens with zero attached hydrogens (tertiary/aromatic N) is 3. The van der Waals surface area contributed by atoms with E-state index in [1.807, 2.05) is 6.92 Å². The van der Waals surface area contributed by atoms with Crippen LogP contribution >= 0.6 is 0 Å². The van der Waals surface area contributed by atoms with Crippen molar-refractivity contribution in [3.05, 3.63) is 53.5 Å². The Balaban J connectivity index is 1.88. The van der Waals surface area contributed by atoms with E-state index in [1.54, 1.807) is 43.3 Å². The zero-order chi connectivity index (χ0) is 27.1. The number of hydrogen-bond acceptors (Lipinski definition) is 5. The molecule has 0 fully saturated rings. The second-order valence-corrected chi connectivity index (χ2v) is 9.89. The summed E-state index contributed by atoms with van der Waals surface area (Å²) in [5, 5.41) is 12.4. The molecule has 198 valence electrons. The molecule has 2 aromatic rings. The van der Waals surface area contributed by atoms with Crippen LogP contribution in [0.3, 0.4) is 0 Å². The van der Waals surface area contributed by atoms with Crippen LogP contribution in [0.4, 0.5) is 14.9 Å². The summed E-state index contributed by atoms with van der Waals surface area (Å²) in [5.74, 6) is 5.69. The molecule has 0 unspecified atom stereocenters. The summed E-state index contributed by atoms with van der Waals surface area (Å²) in [4.78, 5) is 33.7. The van der Waals surface area contributed by atoms with Gasteiger partial charge in [0.05, 0.1) is 24.9 Å². The van der Waals surface area contributed by atoms with E-state index in [9.17, 15) is 19.1 Å². The summed E-state index contributed by atoms with van der Waals surface area (Å²) in [6.45, 7) is 8.10. The first-order valence-corrected chi connectivity index (χ1v) is 12.4. The fraction of sp³-hybridized carbons (Fsp3) is 0.464. The van der Waals surface area contributed by atoms with Crippen LogP contribution in [0.25, 0.3) is 0 Å². The normalized spacial score (nSPS) is 18.1.